The first kappa shape index (κ1) is 21.6. The summed E-state index contributed by atoms with van der Waals surface area (Å²) in [5, 5.41) is 2.78. The molecule has 1 spiro atoms. The SMILES string of the molecule is COc1ccc(C(=O)COC(=O)CN2C(=O)N[C@]3(CCCC[C@@H]3C)C2=O)c(OC)c1. The van der Waals surface area contributed by atoms with Gasteiger partial charge >= 0.3 is 12.0 Å². The lowest BCUT2D eigenvalue weighted by molar-refractivity contribution is -0.147. The van der Waals surface area contributed by atoms with Crippen molar-refractivity contribution in [3.8, 4) is 11.5 Å². The highest BCUT2D eigenvalue weighted by Crippen LogP contribution is 2.38. The fraction of sp³-hybridized carbons (Fsp3) is 0.524. The molecular weight excluding hydrogens is 392 g/mol. The van der Waals surface area contributed by atoms with Crippen molar-refractivity contribution in [1.82, 2.24) is 10.2 Å². The molecule has 9 heteroatoms. The van der Waals surface area contributed by atoms with Gasteiger partial charge in [0.25, 0.3) is 5.91 Å². The highest BCUT2D eigenvalue weighted by Gasteiger charge is 2.55. The van der Waals surface area contributed by atoms with E-state index >= 15 is 0 Å². The Morgan fingerprint density at radius 2 is 1.97 bits per heavy atom. The summed E-state index contributed by atoms with van der Waals surface area (Å²) in [5.74, 6) is -0.910. The van der Waals surface area contributed by atoms with Crippen LogP contribution in [-0.4, -0.2) is 61.5 Å². The molecule has 0 aromatic heterocycles. The number of ether oxygens (including phenoxy) is 3. The maximum Gasteiger partial charge on any atom is 0.326 e. The van der Waals surface area contributed by atoms with E-state index < -0.39 is 42.4 Å². The average molecular weight is 418 g/mol. The van der Waals surface area contributed by atoms with Crippen LogP contribution >= 0.6 is 0 Å². The Labute approximate surface area is 174 Å². The minimum absolute atomic E-state index is 0.00663. The molecule has 1 aliphatic carbocycles. The van der Waals surface area contributed by atoms with Gasteiger partial charge in [0.05, 0.1) is 19.8 Å². The van der Waals surface area contributed by atoms with Gasteiger partial charge < -0.3 is 19.5 Å². The number of methoxy groups -OCH3 is 2. The number of urea groups is 1. The number of imide groups is 1. The van der Waals surface area contributed by atoms with Crippen molar-refractivity contribution in [2.75, 3.05) is 27.4 Å². The van der Waals surface area contributed by atoms with Gasteiger partial charge in [0.1, 0.15) is 23.6 Å². The monoisotopic (exact) mass is 418 g/mol. The molecule has 0 unspecified atom stereocenters. The van der Waals surface area contributed by atoms with E-state index in [1.807, 2.05) is 6.92 Å². The number of carbonyl (C=O) groups excluding carboxylic acids is 4. The number of amides is 3. The fourth-order valence-electron chi connectivity index (χ4n) is 4.07. The molecule has 1 N–H and O–H groups in total. The highest BCUT2D eigenvalue weighted by atomic mass is 16.5. The molecule has 30 heavy (non-hydrogen) atoms. The molecule has 2 aliphatic rings. The van der Waals surface area contributed by atoms with E-state index in [1.165, 1.54) is 20.3 Å². The molecule has 1 saturated heterocycles. The predicted octanol–water partition coefficient (Wildman–Crippen LogP) is 1.93. The van der Waals surface area contributed by atoms with E-state index in [1.54, 1.807) is 12.1 Å². The minimum Gasteiger partial charge on any atom is -0.497 e. The molecule has 1 heterocycles. The molecule has 1 saturated carbocycles. The first-order valence-corrected chi connectivity index (χ1v) is 9.87. The first-order chi connectivity index (χ1) is 14.3. The Morgan fingerprint density at radius 3 is 2.63 bits per heavy atom. The van der Waals surface area contributed by atoms with Crippen LogP contribution in [0.2, 0.25) is 0 Å². The normalized spacial score (nSPS) is 23.3. The van der Waals surface area contributed by atoms with E-state index in [4.69, 9.17) is 14.2 Å². The van der Waals surface area contributed by atoms with Crippen LogP contribution in [0.4, 0.5) is 4.79 Å². The number of hydrogen-bond donors (Lipinski definition) is 1. The Balaban J connectivity index is 1.60. The van der Waals surface area contributed by atoms with Crippen LogP contribution in [-0.2, 0) is 14.3 Å². The number of Topliss-reactive ketones (excluding diaryl/α,β-unsaturated/α-hetero) is 1. The number of ketones is 1. The Kier molecular flexibility index (Phi) is 6.28. The summed E-state index contributed by atoms with van der Waals surface area (Å²) in [4.78, 5) is 50.7. The summed E-state index contributed by atoms with van der Waals surface area (Å²) >= 11 is 0. The molecule has 2 atom stereocenters. The number of nitrogens with one attached hydrogen (secondary N) is 1. The largest absolute Gasteiger partial charge is 0.497 e. The second kappa shape index (κ2) is 8.73. The lowest BCUT2D eigenvalue weighted by atomic mass is 9.73. The smallest absolute Gasteiger partial charge is 0.326 e. The van der Waals surface area contributed by atoms with Crippen molar-refractivity contribution < 1.29 is 33.4 Å². The molecule has 0 bridgehead atoms. The maximum atomic E-state index is 12.9. The van der Waals surface area contributed by atoms with Gasteiger partial charge in [0, 0.05) is 6.07 Å². The van der Waals surface area contributed by atoms with E-state index in [-0.39, 0.29) is 17.2 Å². The second-order valence-electron chi connectivity index (χ2n) is 7.59. The number of hydrogen-bond acceptors (Lipinski definition) is 7. The molecule has 1 aliphatic heterocycles. The average Bonchev–Trinajstić information content (AvgIpc) is 2.98. The van der Waals surface area contributed by atoms with Gasteiger partial charge in [-0.3, -0.25) is 19.3 Å². The van der Waals surface area contributed by atoms with Gasteiger partial charge in [-0.1, -0.05) is 19.8 Å². The third-order valence-corrected chi connectivity index (χ3v) is 5.86. The fourth-order valence-corrected chi connectivity index (χ4v) is 4.07. The Bertz CT molecular complexity index is 869. The van der Waals surface area contributed by atoms with Crippen molar-refractivity contribution in [2.45, 2.75) is 38.1 Å². The quantitative estimate of drug-likeness (QED) is 0.409. The van der Waals surface area contributed by atoms with Crippen LogP contribution in [0.3, 0.4) is 0 Å². The van der Waals surface area contributed by atoms with E-state index in [9.17, 15) is 19.2 Å². The molecule has 3 rings (SSSR count). The molecule has 162 valence electrons. The van der Waals surface area contributed by atoms with Gasteiger partial charge in [-0.2, -0.15) is 0 Å². The number of carbonyl (C=O) groups is 4. The molecule has 2 fully saturated rings. The Hall–Kier alpha value is -3.10. The number of benzene rings is 1. The van der Waals surface area contributed by atoms with Crippen LogP contribution in [0, 0.1) is 5.92 Å². The van der Waals surface area contributed by atoms with Crippen LogP contribution in [0.25, 0.3) is 0 Å². The number of rotatable bonds is 7. The summed E-state index contributed by atoms with van der Waals surface area (Å²) in [6.07, 6.45) is 3.24. The van der Waals surface area contributed by atoms with E-state index in [0.717, 1.165) is 24.2 Å². The zero-order valence-electron chi connectivity index (χ0n) is 17.4. The van der Waals surface area contributed by atoms with Crippen LogP contribution < -0.4 is 14.8 Å². The third-order valence-electron chi connectivity index (χ3n) is 5.86. The van der Waals surface area contributed by atoms with Crippen LogP contribution in [0.15, 0.2) is 18.2 Å². The molecule has 3 amide bonds. The first-order valence-electron chi connectivity index (χ1n) is 9.87. The summed E-state index contributed by atoms with van der Waals surface area (Å²) in [6, 6.07) is 4.05. The lowest BCUT2D eigenvalue weighted by Crippen LogP contribution is -2.54. The van der Waals surface area contributed by atoms with E-state index in [0.29, 0.717) is 12.2 Å². The van der Waals surface area contributed by atoms with Gasteiger partial charge in [-0.15, -0.1) is 0 Å². The molecule has 0 radical (unpaired) electrons. The van der Waals surface area contributed by atoms with Gasteiger partial charge in [-0.25, -0.2) is 4.79 Å². The lowest BCUT2D eigenvalue weighted by Gasteiger charge is -2.36. The summed E-state index contributed by atoms with van der Waals surface area (Å²) in [5.41, 5.74) is -0.710. The molecule has 1 aromatic rings. The van der Waals surface area contributed by atoms with Gasteiger partial charge in [-0.05, 0) is 30.9 Å². The predicted molar refractivity (Wildman–Crippen MR) is 105 cm³/mol. The van der Waals surface area contributed by atoms with Gasteiger partial charge in [0.2, 0.25) is 5.78 Å². The zero-order valence-corrected chi connectivity index (χ0v) is 17.4. The molecule has 1 aromatic carbocycles. The van der Waals surface area contributed by atoms with Crippen molar-refractivity contribution in [3.05, 3.63) is 23.8 Å². The highest BCUT2D eigenvalue weighted by molar-refractivity contribution is 6.09. The summed E-state index contributed by atoms with van der Waals surface area (Å²) in [7, 11) is 2.91. The topological polar surface area (TPSA) is 111 Å². The second-order valence-corrected chi connectivity index (χ2v) is 7.59. The Morgan fingerprint density at radius 1 is 1.20 bits per heavy atom. The summed E-state index contributed by atoms with van der Waals surface area (Å²) < 4.78 is 15.3. The van der Waals surface area contributed by atoms with Crippen molar-refractivity contribution in [2.24, 2.45) is 5.92 Å². The van der Waals surface area contributed by atoms with Crippen molar-refractivity contribution in [1.29, 1.82) is 0 Å². The molecule has 9 nitrogen and oxygen atoms in total. The molecular formula is C21H26N2O7. The van der Waals surface area contributed by atoms with Crippen LogP contribution in [0.5, 0.6) is 11.5 Å². The van der Waals surface area contributed by atoms with E-state index in [2.05, 4.69) is 5.32 Å². The summed E-state index contributed by atoms with van der Waals surface area (Å²) in [6.45, 7) is 0.860. The van der Waals surface area contributed by atoms with Gasteiger partial charge in [0.15, 0.2) is 6.61 Å². The number of esters is 1. The standard InChI is InChI=1S/C21H26N2O7/c1-13-6-4-5-9-21(13)19(26)23(20(27)22-21)11-18(25)30-12-16(24)15-8-7-14(28-2)10-17(15)29-3/h7-8,10,13H,4-6,9,11-12H2,1-3H3,(H,22,27)/t13-,21-/m0/s1. The maximum absolute atomic E-state index is 12.9. The van der Waals surface area contributed by atoms with Crippen molar-refractivity contribution in [3.63, 3.8) is 0 Å². The minimum atomic E-state index is -0.943. The zero-order chi connectivity index (χ0) is 21.9. The van der Waals surface area contributed by atoms with Crippen LogP contribution in [0.1, 0.15) is 43.0 Å². The van der Waals surface area contributed by atoms with Crippen molar-refractivity contribution >= 4 is 23.7 Å². The number of nitrogens with zero attached hydrogens (tertiary/aromatic N) is 1. The third kappa shape index (κ3) is 3.96.